The van der Waals surface area contributed by atoms with Crippen LogP contribution in [0.4, 0.5) is 0 Å². The molecule has 0 saturated carbocycles. The van der Waals surface area contributed by atoms with Crippen LogP contribution >= 0.6 is 0 Å². The van der Waals surface area contributed by atoms with Crippen molar-refractivity contribution in [3.63, 3.8) is 0 Å². The number of benzene rings is 1. The van der Waals surface area contributed by atoms with E-state index in [1.54, 1.807) is 0 Å². The van der Waals surface area contributed by atoms with Crippen molar-refractivity contribution in [2.75, 3.05) is 20.3 Å². The number of rotatable bonds is 2. The molecule has 1 fully saturated rings. The molecule has 0 radical (unpaired) electrons. The van der Waals surface area contributed by atoms with Crippen molar-refractivity contribution in [3.8, 4) is 0 Å². The molecule has 17 heavy (non-hydrogen) atoms. The molecular formula is C12H11NO4. The van der Waals surface area contributed by atoms with Crippen LogP contribution in [0.1, 0.15) is 5.56 Å². The SMILES string of the molecule is COC(=O)C1(c2ccc3ncoc3c2)COC1. The predicted octanol–water partition coefficient (Wildman–Crippen LogP) is 1.27. The van der Waals surface area contributed by atoms with E-state index in [1.165, 1.54) is 13.5 Å². The third-order valence-electron chi connectivity index (χ3n) is 3.16. The maximum Gasteiger partial charge on any atom is 0.321 e. The van der Waals surface area contributed by atoms with Gasteiger partial charge >= 0.3 is 5.97 Å². The number of aromatic nitrogens is 1. The summed E-state index contributed by atoms with van der Waals surface area (Å²) in [6.45, 7) is 0.693. The third kappa shape index (κ3) is 1.36. The normalized spacial score (nSPS) is 17.7. The van der Waals surface area contributed by atoms with Gasteiger partial charge in [-0.3, -0.25) is 4.79 Å². The van der Waals surface area contributed by atoms with Crippen LogP contribution in [0.2, 0.25) is 0 Å². The summed E-state index contributed by atoms with van der Waals surface area (Å²) in [5.74, 6) is -0.275. The Balaban J connectivity index is 2.09. The molecule has 0 bridgehead atoms. The van der Waals surface area contributed by atoms with Crippen molar-refractivity contribution in [3.05, 3.63) is 30.2 Å². The van der Waals surface area contributed by atoms with Gasteiger partial charge < -0.3 is 13.9 Å². The van der Waals surface area contributed by atoms with Crippen LogP contribution in [0.25, 0.3) is 11.1 Å². The predicted molar refractivity (Wildman–Crippen MR) is 58.5 cm³/mol. The Bertz CT molecular complexity index is 571. The van der Waals surface area contributed by atoms with E-state index >= 15 is 0 Å². The first-order valence-corrected chi connectivity index (χ1v) is 5.26. The molecule has 0 N–H and O–H groups in total. The van der Waals surface area contributed by atoms with E-state index in [1.807, 2.05) is 18.2 Å². The summed E-state index contributed by atoms with van der Waals surface area (Å²) in [4.78, 5) is 15.9. The van der Waals surface area contributed by atoms with Crippen LogP contribution in [0, 0.1) is 0 Å². The van der Waals surface area contributed by atoms with Crippen LogP contribution in [-0.4, -0.2) is 31.3 Å². The van der Waals surface area contributed by atoms with E-state index in [2.05, 4.69) is 4.98 Å². The van der Waals surface area contributed by atoms with Crippen LogP contribution < -0.4 is 0 Å². The van der Waals surface area contributed by atoms with Gasteiger partial charge in [-0.05, 0) is 17.7 Å². The van der Waals surface area contributed by atoms with Crippen molar-refractivity contribution >= 4 is 17.1 Å². The standard InChI is InChI=1S/C12H11NO4/c1-15-11(14)12(5-16-6-12)8-2-3-9-10(4-8)17-7-13-9/h2-4,7H,5-6H2,1H3. The zero-order valence-corrected chi connectivity index (χ0v) is 9.30. The number of esters is 1. The first-order chi connectivity index (χ1) is 8.26. The van der Waals surface area contributed by atoms with Crippen LogP contribution in [0.15, 0.2) is 29.0 Å². The molecule has 1 saturated heterocycles. The second kappa shape index (κ2) is 3.56. The topological polar surface area (TPSA) is 61.6 Å². The molecule has 0 aliphatic carbocycles. The van der Waals surface area contributed by atoms with Crippen molar-refractivity contribution < 1.29 is 18.7 Å². The monoisotopic (exact) mass is 233 g/mol. The molecule has 1 aromatic heterocycles. The van der Waals surface area contributed by atoms with Gasteiger partial charge in [0.2, 0.25) is 0 Å². The number of hydrogen-bond acceptors (Lipinski definition) is 5. The first-order valence-electron chi connectivity index (χ1n) is 5.26. The largest absolute Gasteiger partial charge is 0.468 e. The number of ether oxygens (including phenoxy) is 2. The Morgan fingerprint density at radius 3 is 2.94 bits per heavy atom. The molecule has 1 aliphatic heterocycles. The van der Waals surface area contributed by atoms with Crippen molar-refractivity contribution in [1.82, 2.24) is 4.98 Å². The van der Waals surface area contributed by atoms with Crippen molar-refractivity contribution in [2.24, 2.45) is 0 Å². The number of hydrogen-bond donors (Lipinski definition) is 0. The Morgan fingerprint density at radius 2 is 2.29 bits per heavy atom. The van der Waals surface area contributed by atoms with Gasteiger partial charge in [0, 0.05) is 0 Å². The Hall–Kier alpha value is -1.88. The molecule has 5 nitrogen and oxygen atoms in total. The molecule has 3 rings (SSSR count). The van der Waals surface area contributed by atoms with Gasteiger partial charge in [-0.25, -0.2) is 4.98 Å². The van der Waals surface area contributed by atoms with Gasteiger partial charge in [0.1, 0.15) is 10.9 Å². The molecule has 88 valence electrons. The van der Waals surface area contributed by atoms with Gasteiger partial charge in [-0.2, -0.15) is 0 Å². The molecular weight excluding hydrogens is 222 g/mol. The van der Waals surface area contributed by atoms with Crippen molar-refractivity contribution in [2.45, 2.75) is 5.41 Å². The number of nitrogens with zero attached hydrogens (tertiary/aromatic N) is 1. The van der Waals surface area contributed by atoms with Crippen molar-refractivity contribution in [1.29, 1.82) is 0 Å². The minimum absolute atomic E-state index is 0.275. The Labute approximate surface area is 97.3 Å². The maximum atomic E-state index is 11.8. The average Bonchev–Trinajstić information content (AvgIpc) is 2.74. The van der Waals surface area contributed by atoms with Gasteiger partial charge in [-0.1, -0.05) is 6.07 Å². The number of fused-ring (bicyclic) bond motifs is 1. The fraction of sp³-hybridized carbons (Fsp3) is 0.333. The number of carbonyl (C=O) groups excluding carboxylic acids is 1. The smallest absolute Gasteiger partial charge is 0.321 e. The van der Waals surface area contributed by atoms with Crippen LogP contribution in [0.5, 0.6) is 0 Å². The summed E-state index contributed by atoms with van der Waals surface area (Å²) < 4.78 is 15.2. The molecule has 2 aromatic rings. The number of methoxy groups -OCH3 is 1. The quantitative estimate of drug-likeness (QED) is 0.731. The third-order valence-corrected chi connectivity index (χ3v) is 3.16. The second-order valence-electron chi connectivity index (χ2n) is 4.10. The van der Waals surface area contributed by atoms with E-state index in [0.29, 0.717) is 18.8 Å². The molecule has 0 atom stereocenters. The lowest BCUT2D eigenvalue weighted by Gasteiger charge is -2.38. The van der Waals surface area contributed by atoms with E-state index in [-0.39, 0.29) is 5.97 Å². The minimum atomic E-state index is -0.685. The van der Waals surface area contributed by atoms with E-state index in [0.717, 1.165) is 11.1 Å². The molecule has 5 heteroatoms. The molecule has 1 aliphatic rings. The van der Waals surface area contributed by atoms with Gasteiger partial charge in [-0.15, -0.1) is 0 Å². The van der Waals surface area contributed by atoms with Crippen LogP contribution in [-0.2, 0) is 19.7 Å². The summed E-state index contributed by atoms with van der Waals surface area (Å²) in [5.41, 5.74) is 1.60. The summed E-state index contributed by atoms with van der Waals surface area (Å²) in [6.07, 6.45) is 1.39. The van der Waals surface area contributed by atoms with E-state index in [4.69, 9.17) is 13.9 Å². The lowest BCUT2D eigenvalue weighted by Crippen LogP contribution is -2.53. The molecule has 1 aromatic carbocycles. The minimum Gasteiger partial charge on any atom is -0.468 e. The highest BCUT2D eigenvalue weighted by Gasteiger charge is 2.48. The lowest BCUT2D eigenvalue weighted by molar-refractivity contribution is -0.166. The Morgan fingerprint density at radius 1 is 1.47 bits per heavy atom. The van der Waals surface area contributed by atoms with Gasteiger partial charge in [0.15, 0.2) is 12.0 Å². The van der Waals surface area contributed by atoms with Gasteiger partial charge in [0.05, 0.1) is 20.3 Å². The zero-order chi connectivity index (χ0) is 11.9. The summed E-state index contributed by atoms with van der Waals surface area (Å²) >= 11 is 0. The molecule has 0 amide bonds. The number of oxazole rings is 1. The lowest BCUT2D eigenvalue weighted by atomic mass is 9.78. The average molecular weight is 233 g/mol. The van der Waals surface area contributed by atoms with Gasteiger partial charge in [0.25, 0.3) is 0 Å². The fourth-order valence-corrected chi connectivity index (χ4v) is 2.06. The summed E-state index contributed by atoms with van der Waals surface area (Å²) in [5, 5.41) is 0. The van der Waals surface area contributed by atoms with E-state index in [9.17, 15) is 4.79 Å². The highest BCUT2D eigenvalue weighted by Crippen LogP contribution is 2.35. The molecule has 2 heterocycles. The molecule has 0 spiro atoms. The Kier molecular flexibility index (Phi) is 2.16. The molecule has 0 unspecified atom stereocenters. The zero-order valence-electron chi connectivity index (χ0n) is 9.30. The van der Waals surface area contributed by atoms with Crippen LogP contribution in [0.3, 0.4) is 0 Å². The highest BCUT2D eigenvalue weighted by atomic mass is 16.5. The second-order valence-corrected chi connectivity index (χ2v) is 4.10. The fourth-order valence-electron chi connectivity index (χ4n) is 2.06. The summed E-state index contributed by atoms with van der Waals surface area (Å²) in [6, 6.07) is 5.52. The summed E-state index contributed by atoms with van der Waals surface area (Å²) in [7, 11) is 1.38. The highest BCUT2D eigenvalue weighted by molar-refractivity contribution is 5.86. The maximum absolute atomic E-state index is 11.8. The first kappa shape index (κ1) is 10.3. The van der Waals surface area contributed by atoms with E-state index < -0.39 is 5.41 Å². The number of carbonyl (C=O) groups is 1.